The molecule has 0 atom stereocenters. The molecule has 2 N–H and O–H groups in total. The van der Waals surface area contributed by atoms with Crippen LogP contribution in [0.5, 0.6) is 0 Å². The van der Waals surface area contributed by atoms with E-state index in [1.54, 1.807) is 0 Å². The van der Waals surface area contributed by atoms with Crippen molar-refractivity contribution in [3.63, 3.8) is 0 Å². The summed E-state index contributed by atoms with van der Waals surface area (Å²) in [5.41, 5.74) is 0.530. The van der Waals surface area contributed by atoms with Crippen LogP contribution in [0.4, 0.5) is 0 Å². The second-order valence-electron chi connectivity index (χ2n) is 5.65. The van der Waals surface area contributed by atoms with Crippen LogP contribution in [0, 0.1) is 5.41 Å². The molecule has 2 aromatic carbocycles. The van der Waals surface area contributed by atoms with Crippen molar-refractivity contribution < 1.29 is 9.90 Å². The van der Waals surface area contributed by atoms with Gasteiger partial charge in [-0.3, -0.25) is 4.79 Å². The van der Waals surface area contributed by atoms with Crippen molar-refractivity contribution in [1.29, 1.82) is 0 Å². The Morgan fingerprint density at radius 2 is 1.80 bits per heavy atom. The second kappa shape index (κ2) is 5.25. The van der Waals surface area contributed by atoms with Crippen molar-refractivity contribution in [3.05, 3.63) is 48.0 Å². The molecule has 0 aromatic heterocycles. The Kier molecular flexibility index (Phi) is 3.45. The molecule has 20 heavy (non-hydrogen) atoms. The van der Waals surface area contributed by atoms with Gasteiger partial charge < -0.3 is 10.4 Å². The largest absolute Gasteiger partial charge is 0.481 e. The van der Waals surface area contributed by atoms with E-state index in [0.717, 1.165) is 18.7 Å². The van der Waals surface area contributed by atoms with Crippen molar-refractivity contribution >= 4 is 16.7 Å². The number of fused-ring (bicyclic) bond motifs is 1. The first kappa shape index (κ1) is 13.1. The molecule has 1 fully saturated rings. The first-order valence-electron chi connectivity index (χ1n) is 7.12. The van der Waals surface area contributed by atoms with Crippen LogP contribution in [-0.2, 0) is 11.2 Å². The summed E-state index contributed by atoms with van der Waals surface area (Å²) in [5, 5.41) is 15.3. The molecule has 3 nitrogen and oxygen atoms in total. The molecule has 0 amide bonds. The van der Waals surface area contributed by atoms with E-state index in [-0.39, 0.29) is 0 Å². The van der Waals surface area contributed by atoms with E-state index in [9.17, 15) is 9.90 Å². The van der Waals surface area contributed by atoms with Gasteiger partial charge in [-0.05, 0) is 48.7 Å². The normalized spacial score (nSPS) is 18.0. The van der Waals surface area contributed by atoms with Crippen LogP contribution < -0.4 is 5.32 Å². The number of carbonyl (C=O) groups is 1. The summed E-state index contributed by atoms with van der Waals surface area (Å²) in [6.45, 7) is 1.58. The molecular formula is C17H19NO2. The van der Waals surface area contributed by atoms with Crippen molar-refractivity contribution in [1.82, 2.24) is 5.32 Å². The molecule has 1 aliphatic heterocycles. The van der Waals surface area contributed by atoms with E-state index in [1.807, 2.05) is 18.2 Å². The maximum atomic E-state index is 11.8. The lowest BCUT2D eigenvalue weighted by Gasteiger charge is -2.34. The predicted octanol–water partition coefficient (Wildman–Crippen LogP) is 2.84. The van der Waals surface area contributed by atoms with Crippen LogP contribution in [0.3, 0.4) is 0 Å². The molecule has 1 heterocycles. The number of carboxylic acids is 1. The quantitative estimate of drug-likeness (QED) is 0.900. The van der Waals surface area contributed by atoms with Crippen LogP contribution in [-0.4, -0.2) is 24.2 Å². The fourth-order valence-electron chi connectivity index (χ4n) is 3.18. The molecule has 0 unspecified atom stereocenters. The highest BCUT2D eigenvalue weighted by Crippen LogP contribution is 2.35. The number of nitrogens with one attached hydrogen (secondary N) is 1. The van der Waals surface area contributed by atoms with Crippen LogP contribution >= 0.6 is 0 Å². The van der Waals surface area contributed by atoms with E-state index in [2.05, 4.69) is 29.6 Å². The zero-order chi connectivity index (χ0) is 14.0. The molecule has 2 aromatic rings. The van der Waals surface area contributed by atoms with Crippen LogP contribution in [0.15, 0.2) is 42.5 Å². The summed E-state index contributed by atoms with van der Waals surface area (Å²) < 4.78 is 0. The first-order chi connectivity index (χ1) is 9.71. The minimum atomic E-state index is -0.660. The minimum absolute atomic E-state index is 0.616. The van der Waals surface area contributed by atoms with E-state index in [0.29, 0.717) is 19.3 Å². The van der Waals surface area contributed by atoms with Gasteiger partial charge in [0.1, 0.15) is 0 Å². The number of aliphatic carboxylic acids is 1. The van der Waals surface area contributed by atoms with Gasteiger partial charge in [0, 0.05) is 0 Å². The molecule has 1 aliphatic rings. The Balaban J connectivity index is 2.00. The van der Waals surface area contributed by atoms with Gasteiger partial charge >= 0.3 is 5.97 Å². The van der Waals surface area contributed by atoms with Gasteiger partial charge in [-0.2, -0.15) is 0 Å². The molecule has 0 saturated carbocycles. The molecule has 104 valence electrons. The lowest BCUT2D eigenvalue weighted by molar-refractivity contribution is -0.150. The average Bonchev–Trinajstić information content (AvgIpc) is 2.48. The Labute approximate surface area is 118 Å². The third-order valence-electron chi connectivity index (χ3n) is 4.42. The molecule has 3 heteroatoms. The lowest BCUT2D eigenvalue weighted by Crippen LogP contribution is -2.43. The Hall–Kier alpha value is -1.87. The lowest BCUT2D eigenvalue weighted by atomic mass is 9.73. The summed E-state index contributed by atoms with van der Waals surface area (Å²) in [6.07, 6.45) is 2.02. The maximum absolute atomic E-state index is 11.8. The minimum Gasteiger partial charge on any atom is -0.481 e. The molecule has 0 spiro atoms. The van der Waals surface area contributed by atoms with E-state index < -0.39 is 11.4 Å². The highest BCUT2D eigenvalue weighted by molar-refractivity contribution is 5.86. The average molecular weight is 269 g/mol. The molecule has 3 rings (SSSR count). The van der Waals surface area contributed by atoms with Crippen molar-refractivity contribution in [3.8, 4) is 0 Å². The van der Waals surface area contributed by atoms with Gasteiger partial charge in [-0.25, -0.2) is 0 Å². The number of rotatable bonds is 3. The standard InChI is InChI=1S/C17H19NO2/c19-16(20)17(8-10-18-11-9-17)12-14-6-3-5-13-4-1-2-7-15(13)14/h1-7,18H,8-12H2,(H,19,20). The fourth-order valence-corrected chi connectivity index (χ4v) is 3.18. The number of benzene rings is 2. The molecule has 0 bridgehead atoms. The fraction of sp³-hybridized carbons (Fsp3) is 0.353. The van der Waals surface area contributed by atoms with Crippen LogP contribution in [0.2, 0.25) is 0 Å². The number of hydrogen-bond acceptors (Lipinski definition) is 2. The smallest absolute Gasteiger partial charge is 0.310 e. The third-order valence-corrected chi connectivity index (χ3v) is 4.42. The summed E-state index contributed by atoms with van der Waals surface area (Å²) >= 11 is 0. The van der Waals surface area contributed by atoms with Gasteiger partial charge in [-0.1, -0.05) is 42.5 Å². The number of piperidine rings is 1. The zero-order valence-electron chi connectivity index (χ0n) is 11.4. The third kappa shape index (κ3) is 2.29. The van der Waals surface area contributed by atoms with Crippen molar-refractivity contribution in [2.75, 3.05) is 13.1 Å². The van der Waals surface area contributed by atoms with Gasteiger partial charge in [0.25, 0.3) is 0 Å². The topological polar surface area (TPSA) is 49.3 Å². The Bertz CT molecular complexity index is 624. The maximum Gasteiger partial charge on any atom is 0.310 e. The van der Waals surface area contributed by atoms with Crippen molar-refractivity contribution in [2.24, 2.45) is 5.41 Å². The van der Waals surface area contributed by atoms with Gasteiger partial charge in [0.2, 0.25) is 0 Å². The number of carboxylic acid groups (broad SMARTS) is 1. The summed E-state index contributed by atoms with van der Waals surface area (Å²) in [5.74, 6) is -0.660. The predicted molar refractivity (Wildman–Crippen MR) is 79.8 cm³/mol. The van der Waals surface area contributed by atoms with Gasteiger partial charge in [-0.15, -0.1) is 0 Å². The van der Waals surface area contributed by atoms with Gasteiger partial charge in [0.05, 0.1) is 5.41 Å². The monoisotopic (exact) mass is 269 g/mol. The van der Waals surface area contributed by atoms with E-state index >= 15 is 0 Å². The highest BCUT2D eigenvalue weighted by Gasteiger charge is 2.39. The Morgan fingerprint density at radius 3 is 2.55 bits per heavy atom. The van der Waals surface area contributed by atoms with Crippen molar-refractivity contribution in [2.45, 2.75) is 19.3 Å². The summed E-state index contributed by atoms with van der Waals surface area (Å²) in [4.78, 5) is 11.8. The SMILES string of the molecule is O=C(O)C1(Cc2cccc3ccccc23)CCNCC1. The first-order valence-corrected chi connectivity index (χ1v) is 7.12. The summed E-state index contributed by atoms with van der Waals surface area (Å²) in [7, 11) is 0. The summed E-state index contributed by atoms with van der Waals surface area (Å²) in [6, 6.07) is 14.4. The highest BCUT2D eigenvalue weighted by atomic mass is 16.4. The Morgan fingerprint density at radius 1 is 1.10 bits per heavy atom. The van der Waals surface area contributed by atoms with E-state index in [1.165, 1.54) is 10.8 Å². The molecular weight excluding hydrogens is 250 g/mol. The molecule has 0 aliphatic carbocycles. The molecule has 0 radical (unpaired) electrons. The van der Waals surface area contributed by atoms with Crippen LogP contribution in [0.1, 0.15) is 18.4 Å². The van der Waals surface area contributed by atoms with Crippen LogP contribution in [0.25, 0.3) is 10.8 Å². The zero-order valence-corrected chi connectivity index (χ0v) is 11.4. The number of hydrogen-bond donors (Lipinski definition) is 2. The van der Waals surface area contributed by atoms with E-state index in [4.69, 9.17) is 0 Å². The van der Waals surface area contributed by atoms with Gasteiger partial charge in [0.15, 0.2) is 0 Å². The second-order valence-corrected chi connectivity index (χ2v) is 5.65. The molecule has 1 saturated heterocycles.